The van der Waals surface area contributed by atoms with E-state index in [0.717, 1.165) is 0 Å². The molecule has 5 atom stereocenters. The minimum Gasteiger partial charge on any atom is -0.455 e. The zero-order chi connectivity index (χ0) is 17.4. The van der Waals surface area contributed by atoms with Crippen LogP contribution in [0.25, 0.3) is 0 Å². The number of rotatable bonds is 5. The van der Waals surface area contributed by atoms with Crippen LogP contribution in [0.2, 0.25) is 0 Å². The molecule has 0 unspecified atom stereocenters. The van der Waals surface area contributed by atoms with Crippen LogP contribution in [0.3, 0.4) is 0 Å². The summed E-state index contributed by atoms with van der Waals surface area (Å²) in [5, 5.41) is 0. The highest BCUT2D eigenvalue weighted by Crippen LogP contribution is 2.40. The molecule has 0 aromatic rings. The molecule has 0 amide bonds. The van der Waals surface area contributed by atoms with Gasteiger partial charge >= 0.3 is 5.97 Å². The van der Waals surface area contributed by atoms with Gasteiger partial charge in [0.05, 0.1) is 0 Å². The highest BCUT2D eigenvalue weighted by molar-refractivity contribution is 5.66. The maximum atomic E-state index is 11.3. The normalized spacial score (nSPS) is 36.4. The van der Waals surface area contributed by atoms with E-state index in [-0.39, 0.29) is 6.10 Å². The minimum absolute atomic E-state index is 0.349. The quantitative estimate of drug-likeness (QED) is 0.571. The molecule has 0 aromatic carbocycles. The predicted octanol–water partition coefficient (Wildman–Crippen LogP) is 2.33. The van der Waals surface area contributed by atoms with Crippen LogP contribution in [0.5, 0.6) is 0 Å². The van der Waals surface area contributed by atoms with Gasteiger partial charge in [0, 0.05) is 6.92 Å². The van der Waals surface area contributed by atoms with Crippen LogP contribution in [0.1, 0.15) is 34.6 Å². The fraction of sp³-hybridized carbons (Fsp3) is 0.706. The topological polar surface area (TPSA) is 63.2 Å². The zero-order valence-corrected chi connectivity index (χ0v) is 14.4. The molecule has 2 saturated heterocycles. The molecule has 6 heteroatoms. The Labute approximate surface area is 137 Å². The van der Waals surface area contributed by atoms with E-state index >= 15 is 0 Å². The molecule has 130 valence electrons. The maximum absolute atomic E-state index is 11.3. The molecule has 0 saturated carbocycles. The van der Waals surface area contributed by atoms with Crippen molar-refractivity contribution >= 4 is 5.97 Å². The van der Waals surface area contributed by atoms with Crippen LogP contribution in [-0.2, 0) is 28.5 Å². The van der Waals surface area contributed by atoms with Crippen molar-refractivity contribution in [1.82, 2.24) is 0 Å². The fourth-order valence-electron chi connectivity index (χ4n) is 3.02. The van der Waals surface area contributed by atoms with E-state index in [2.05, 4.69) is 13.2 Å². The van der Waals surface area contributed by atoms with Crippen molar-refractivity contribution in [3.05, 3.63) is 25.3 Å². The Morgan fingerprint density at radius 3 is 2.13 bits per heavy atom. The molecule has 0 spiro atoms. The second-order valence-electron chi connectivity index (χ2n) is 6.67. The summed E-state index contributed by atoms with van der Waals surface area (Å²) >= 11 is 0. The van der Waals surface area contributed by atoms with Gasteiger partial charge in [0.25, 0.3) is 0 Å². The van der Waals surface area contributed by atoms with E-state index in [1.807, 2.05) is 13.8 Å². The van der Waals surface area contributed by atoms with E-state index in [1.165, 1.54) is 13.0 Å². The SMILES string of the molecule is C=C[C@@H]1OC(C)(C)O[C@H]1[C@@H]1OC(C)(C)O[C@@H]1[C@@H](C=C)OC(C)=O. The van der Waals surface area contributed by atoms with Gasteiger partial charge in [0.1, 0.15) is 30.5 Å². The van der Waals surface area contributed by atoms with Crippen molar-refractivity contribution < 1.29 is 28.5 Å². The highest BCUT2D eigenvalue weighted by atomic mass is 16.8. The molecule has 23 heavy (non-hydrogen) atoms. The van der Waals surface area contributed by atoms with Gasteiger partial charge in [-0.25, -0.2) is 0 Å². The fourth-order valence-corrected chi connectivity index (χ4v) is 3.02. The third-order valence-electron chi connectivity index (χ3n) is 3.74. The van der Waals surface area contributed by atoms with Crippen molar-refractivity contribution in [2.75, 3.05) is 0 Å². The molecule has 0 bridgehead atoms. The first-order valence-corrected chi connectivity index (χ1v) is 7.72. The van der Waals surface area contributed by atoms with E-state index in [4.69, 9.17) is 23.7 Å². The Kier molecular flexibility index (Phi) is 5.01. The minimum atomic E-state index is -0.835. The number of ether oxygens (including phenoxy) is 5. The van der Waals surface area contributed by atoms with Crippen LogP contribution in [-0.4, -0.2) is 48.1 Å². The highest BCUT2D eigenvalue weighted by Gasteiger charge is 2.55. The molecule has 6 nitrogen and oxygen atoms in total. The second kappa shape index (κ2) is 6.36. The summed E-state index contributed by atoms with van der Waals surface area (Å²) in [7, 11) is 0. The van der Waals surface area contributed by atoms with E-state index in [9.17, 15) is 4.79 Å². The summed E-state index contributed by atoms with van der Waals surface area (Å²) < 4.78 is 29.1. The molecule has 0 radical (unpaired) electrons. The van der Waals surface area contributed by atoms with Crippen molar-refractivity contribution in [1.29, 1.82) is 0 Å². The smallest absolute Gasteiger partial charge is 0.303 e. The van der Waals surface area contributed by atoms with Gasteiger partial charge in [-0.05, 0) is 33.8 Å². The number of hydrogen-bond donors (Lipinski definition) is 0. The van der Waals surface area contributed by atoms with Gasteiger partial charge in [-0.2, -0.15) is 0 Å². The molecule has 2 aliphatic heterocycles. The van der Waals surface area contributed by atoms with Gasteiger partial charge in [0.15, 0.2) is 11.6 Å². The first kappa shape index (κ1) is 18.1. The third-order valence-corrected chi connectivity index (χ3v) is 3.74. The molecule has 2 aliphatic rings. The zero-order valence-electron chi connectivity index (χ0n) is 14.4. The average Bonchev–Trinajstić information content (AvgIpc) is 2.91. The summed E-state index contributed by atoms with van der Waals surface area (Å²) in [6.07, 6.45) is 0.767. The first-order chi connectivity index (χ1) is 10.6. The predicted molar refractivity (Wildman–Crippen MR) is 83.6 cm³/mol. The number of carbonyl (C=O) groups excluding carboxylic acids is 1. The maximum Gasteiger partial charge on any atom is 0.303 e. The Hall–Kier alpha value is -1.21. The van der Waals surface area contributed by atoms with E-state index in [1.54, 1.807) is 19.9 Å². The third kappa shape index (κ3) is 4.01. The molecule has 2 fully saturated rings. The van der Waals surface area contributed by atoms with Crippen LogP contribution in [0, 0.1) is 0 Å². The van der Waals surface area contributed by atoms with Crippen LogP contribution >= 0.6 is 0 Å². The standard InChI is InChI=1S/C17H26O6/c1-8-11(19-10(3)18)13-15(23-17(6,7)21-13)14-12(9-2)20-16(4,5)22-14/h8-9,11-15H,1-2H2,3-7H3/t11-,12+,13-,14-,15-/m1/s1. The molecule has 0 aromatic heterocycles. The summed E-state index contributed by atoms with van der Waals surface area (Å²) in [5.41, 5.74) is 0. The lowest BCUT2D eigenvalue weighted by molar-refractivity contribution is -0.176. The van der Waals surface area contributed by atoms with Crippen molar-refractivity contribution in [3.63, 3.8) is 0 Å². The average molecular weight is 326 g/mol. The summed E-state index contributed by atoms with van der Waals surface area (Å²) in [5.74, 6) is -2.00. The Morgan fingerprint density at radius 1 is 1.04 bits per heavy atom. The van der Waals surface area contributed by atoms with E-state index in [0.29, 0.717) is 0 Å². The molecular weight excluding hydrogens is 300 g/mol. The van der Waals surface area contributed by atoms with Crippen molar-refractivity contribution in [3.8, 4) is 0 Å². The van der Waals surface area contributed by atoms with Crippen molar-refractivity contribution in [2.45, 2.75) is 76.7 Å². The summed E-state index contributed by atoms with van der Waals surface area (Å²) in [6.45, 7) is 16.1. The summed E-state index contributed by atoms with van der Waals surface area (Å²) in [6, 6.07) is 0. The molecule has 0 aliphatic carbocycles. The number of carbonyl (C=O) groups is 1. The largest absolute Gasteiger partial charge is 0.455 e. The van der Waals surface area contributed by atoms with Gasteiger partial charge in [-0.1, -0.05) is 12.7 Å². The van der Waals surface area contributed by atoms with Gasteiger partial charge in [-0.3, -0.25) is 4.79 Å². The lowest BCUT2D eigenvalue weighted by Crippen LogP contribution is -2.46. The van der Waals surface area contributed by atoms with Crippen LogP contribution < -0.4 is 0 Å². The van der Waals surface area contributed by atoms with Crippen molar-refractivity contribution in [2.24, 2.45) is 0 Å². The lowest BCUT2D eigenvalue weighted by Gasteiger charge is -2.28. The number of hydrogen-bond acceptors (Lipinski definition) is 6. The molecular formula is C17H26O6. The van der Waals surface area contributed by atoms with Gasteiger partial charge in [-0.15, -0.1) is 6.58 Å². The second-order valence-corrected chi connectivity index (χ2v) is 6.67. The lowest BCUT2D eigenvalue weighted by atomic mass is 9.99. The number of esters is 1. The Balaban J connectivity index is 2.28. The van der Waals surface area contributed by atoms with Crippen LogP contribution in [0.15, 0.2) is 25.3 Å². The first-order valence-electron chi connectivity index (χ1n) is 7.72. The Bertz CT molecular complexity index is 483. The van der Waals surface area contributed by atoms with E-state index < -0.39 is 42.0 Å². The van der Waals surface area contributed by atoms with Crippen LogP contribution in [0.4, 0.5) is 0 Å². The molecule has 2 rings (SSSR count). The monoisotopic (exact) mass is 326 g/mol. The van der Waals surface area contributed by atoms with Gasteiger partial charge < -0.3 is 23.7 Å². The summed E-state index contributed by atoms with van der Waals surface area (Å²) in [4.78, 5) is 11.3. The Morgan fingerprint density at radius 2 is 1.61 bits per heavy atom. The molecule has 0 N–H and O–H groups in total. The van der Waals surface area contributed by atoms with Gasteiger partial charge in [0.2, 0.25) is 0 Å². The molecule has 2 heterocycles.